The molecule has 11 nitrogen and oxygen atoms in total. The molecule has 0 aliphatic heterocycles. The molecular formula is C9H11N7O4S. The largest absolute Gasteiger partial charge is 0.393 e. The average Bonchev–Trinajstić information content (AvgIpc) is 2.72. The number of tetrazole rings is 1. The maximum absolute atomic E-state index is 12.2. The molecule has 1 aromatic carbocycles. The molecule has 0 bridgehead atoms. The topological polar surface area (TPSA) is 159 Å². The van der Waals surface area contributed by atoms with Crippen LogP contribution < -0.4 is 10.5 Å². The predicted octanol–water partition coefficient (Wildman–Crippen LogP) is -0.190. The molecule has 0 radical (unpaired) electrons. The Labute approximate surface area is 119 Å². The van der Waals surface area contributed by atoms with Gasteiger partial charge in [-0.05, 0) is 23.8 Å². The van der Waals surface area contributed by atoms with Crippen LogP contribution in [0.15, 0.2) is 17.0 Å². The van der Waals surface area contributed by atoms with E-state index in [1.807, 2.05) is 0 Å². The van der Waals surface area contributed by atoms with Gasteiger partial charge in [0.05, 0.1) is 16.9 Å². The van der Waals surface area contributed by atoms with Crippen molar-refractivity contribution in [1.29, 1.82) is 0 Å². The Hall–Kier alpha value is -2.76. The van der Waals surface area contributed by atoms with E-state index >= 15 is 0 Å². The van der Waals surface area contributed by atoms with E-state index in [1.165, 1.54) is 20.0 Å². The molecular weight excluding hydrogens is 302 g/mol. The van der Waals surface area contributed by atoms with Gasteiger partial charge in [-0.25, -0.2) is 13.1 Å². The van der Waals surface area contributed by atoms with Crippen LogP contribution in [0.3, 0.4) is 0 Å². The van der Waals surface area contributed by atoms with E-state index in [0.717, 1.165) is 10.9 Å². The van der Waals surface area contributed by atoms with Crippen LogP contribution in [0.25, 0.3) is 0 Å². The SMILES string of the molecule is Cc1cc(N)c([N+](=O)[O-])cc1S(=O)(=O)Nc1nnn(C)n1. The Morgan fingerprint density at radius 1 is 1.43 bits per heavy atom. The number of aromatic nitrogens is 4. The lowest BCUT2D eigenvalue weighted by atomic mass is 10.2. The summed E-state index contributed by atoms with van der Waals surface area (Å²) in [4.78, 5) is 10.9. The molecule has 0 spiro atoms. The Balaban J connectivity index is 2.49. The molecule has 0 saturated heterocycles. The van der Waals surface area contributed by atoms with E-state index in [9.17, 15) is 18.5 Å². The van der Waals surface area contributed by atoms with E-state index in [2.05, 4.69) is 20.1 Å². The number of hydrogen-bond acceptors (Lipinski definition) is 8. The molecule has 0 aliphatic rings. The summed E-state index contributed by atoms with van der Waals surface area (Å²) in [6, 6.07) is 2.11. The zero-order chi connectivity index (χ0) is 15.8. The molecule has 0 amide bonds. The van der Waals surface area contributed by atoms with Crippen LogP contribution in [0.2, 0.25) is 0 Å². The highest BCUT2D eigenvalue weighted by Crippen LogP contribution is 2.28. The first kappa shape index (κ1) is 14.6. The maximum atomic E-state index is 12.2. The Bertz CT molecular complexity index is 813. The molecule has 21 heavy (non-hydrogen) atoms. The number of benzene rings is 1. The zero-order valence-electron chi connectivity index (χ0n) is 11.0. The predicted molar refractivity (Wildman–Crippen MR) is 71.9 cm³/mol. The number of nitro groups is 1. The number of aryl methyl sites for hydroxylation is 2. The smallest absolute Gasteiger partial charge is 0.293 e. The number of hydrogen-bond donors (Lipinski definition) is 2. The lowest BCUT2D eigenvalue weighted by Gasteiger charge is -2.08. The lowest BCUT2D eigenvalue weighted by molar-refractivity contribution is -0.384. The number of nitrogens with two attached hydrogens (primary N) is 1. The first-order valence-corrected chi connectivity index (χ1v) is 7.00. The van der Waals surface area contributed by atoms with Crippen LogP contribution in [0.4, 0.5) is 17.3 Å². The molecule has 112 valence electrons. The molecule has 0 unspecified atom stereocenters. The fourth-order valence-electron chi connectivity index (χ4n) is 1.65. The first-order valence-electron chi connectivity index (χ1n) is 5.52. The second kappa shape index (κ2) is 4.97. The minimum Gasteiger partial charge on any atom is -0.393 e. The Morgan fingerprint density at radius 2 is 2.10 bits per heavy atom. The second-order valence-corrected chi connectivity index (χ2v) is 5.79. The van der Waals surface area contributed by atoms with Gasteiger partial charge in [0, 0.05) is 6.07 Å². The maximum Gasteiger partial charge on any atom is 0.293 e. The van der Waals surface area contributed by atoms with Crippen molar-refractivity contribution in [3.05, 3.63) is 27.8 Å². The van der Waals surface area contributed by atoms with Gasteiger partial charge in [-0.1, -0.05) is 5.10 Å². The van der Waals surface area contributed by atoms with Crippen molar-refractivity contribution in [1.82, 2.24) is 20.2 Å². The molecule has 0 fully saturated rings. The number of nitrogens with zero attached hydrogens (tertiary/aromatic N) is 5. The molecule has 2 rings (SSSR count). The van der Waals surface area contributed by atoms with E-state index in [1.54, 1.807) is 0 Å². The summed E-state index contributed by atoms with van der Waals surface area (Å²) in [5.41, 5.74) is 5.15. The van der Waals surface area contributed by atoms with Crippen LogP contribution >= 0.6 is 0 Å². The Morgan fingerprint density at radius 3 is 2.62 bits per heavy atom. The van der Waals surface area contributed by atoms with Crippen LogP contribution in [-0.4, -0.2) is 33.5 Å². The summed E-state index contributed by atoms with van der Waals surface area (Å²) in [5.74, 6) is -0.239. The number of nitro benzene ring substituents is 1. The minimum atomic E-state index is -4.09. The van der Waals surface area contributed by atoms with Gasteiger partial charge < -0.3 is 5.73 Å². The van der Waals surface area contributed by atoms with Gasteiger partial charge in [0.15, 0.2) is 0 Å². The molecule has 1 heterocycles. The van der Waals surface area contributed by atoms with Crippen molar-refractivity contribution in [2.75, 3.05) is 10.5 Å². The number of nitrogens with one attached hydrogen (secondary N) is 1. The van der Waals surface area contributed by atoms with Crippen LogP contribution in [0.5, 0.6) is 0 Å². The summed E-state index contributed by atoms with van der Waals surface area (Å²) in [5, 5.41) is 21.5. The van der Waals surface area contributed by atoms with Crippen LogP contribution in [-0.2, 0) is 17.1 Å². The lowest BCUT2D eigenvalue weighted by Crippen LogP contribution is -2.16. The van der Waals surface area contributed by atoms with Gasteiger partial charge in [0.2, 0.25) is 0 Å². The fraction of sp³-hybridized carbons (Fsp3) is 0.222. The molecule has 2 aromatic rings. The van der Waals surface area contributed by atoms with Gasteiger partial charge in [0.1, 0.15) is 5.69 Å². The molecule has 1 aromatic heterocycles. The van der Waals surface area contributed by atoms with Gasteiger partial charge >= 0.3 is 0 Å². The van der Waals surface area contributed by atoms with Crippen molar-refractivity contribution in [3.63, 3.8) is 0 Å². The highest BCUT2D eigenvalue weighted by Gasteiger charge is 2.24. The highest BCUT2D eigenvalue weighted by molar-refractivity contribution is 7.92. The third-order valence-electron chi connectivity index (χ3n) is 2.54. The minimum absolute atomic E-state index is 0.117. The van der Waals surface area contributed by atoms with Crippen molar-refractivity contribution >= 4 is 27.3 Å². The normalized spacial score (nSPS) is 11.3. The quantitative estimate of drug-likeness (QED) is 0.446. The second-order valence-electron chi connectivity index (χ2n) is 4.14. The number of nitrogen functional groups attached to an aromatic ring is 1. The Kier molecular flexibility index (Phi) is 3.47. The third-order valence-corrected chi connectivity index (χ3v) is 4.01. The van der Waals surface area contributed by atoms with Gasteiger partial charge in [-0.3, -0.25) is 10.1 Å². The van der Waals surface area contributed by atoms with E-state index < -0.39 is 20.6 Å². The van der Waals surface area contributed by atoms with Gasteiger partial charge in [-0.15, -0.1) is 5.10 Å². The summed E-state index contributed by atoms with van der Waals surface area (Å²) in [7, 11) is -2.63. The van der Waals surface area contributed by atoms with Gasteiger partial charge in [0.25, 0.3) is 21.7 Å². The standard InChI is InChI=1S/C9H11N7O4S/c1-5-3-6(10)7(16(17)18)4-8(5)21(19,20)13-9-11-14-15(2)12-9/h3-4H,10H2,1-2H3,(H,12,13). The van der Waals surface area contributed by atoms with Crippen LogP contribution in [0, 0.1) is 17.0 Å². The van der Waals surface area contributed by atoms with Gasteiger partial charge in [-0.2, -0.15) is 4.80 Å². The molecule has 0 saturated carbocycles. The average molecular weight is 313 g/mol. The first-order chi connectivity index (χ1) is 9.70. The molecule has 3 N–H and O–H groups in total. The summed E-state index contributed by atoms with van der Waals surface area (Å²) in [6.07, 6.45) is 0. The summed E-state index contributed by atoms with van der Waals surface area (Å²) < 4.78 is 26.5. The number of anilines is 2. The molecule has 0 atom stereocenters. The fourth-order valence-corrected chi connectivity index (χ4v) is 2.83. The van der Waals surface area contributed by atoms with Crippen molar-refractivity contribution in [2.45, 2.75) is 11.8 Å². The van der Waals surface area contributed by atoms with Crippen LogP contribution in [0.1, 0.15) is 5.56 Å². The monoisotopic (exact) mass is 313 g/mol. The van der Waals surface area contributed by atoms with Crippen molar-refractivity contribution in [2.24, 2.45) is 7.05 Å². The van der Waals surface area contributed by atoms with E-state index in [-0.39, 0.29) is 22.1 Å². The number of rotatable bonds is 4. The van der Waals surface area contributed by atoms with Crippen molar-refractivity contribution in [3.8, 4) is 0 Å². The molecule has 12 heteroatoms. The third kappa shape index (κ3) is 2.89. The van der Waals surface area contributed by atoms with E-state index in [0.29, 0.717) is 0 Å². The zero-order valence-corrected chi connectivity index (χ0v) is 11.8. The summed E-state index contributed by atoms with van der Waals surface area (Å²) in [6.45, 7) is 1.47. The summed E-state index contributed by atoms with van der Waals surface area (Å²) >= 11 is 0. The highest BCUT2D eigenvalue weighted by atomic mass is 32.2. The molecule has 0 aliphatic carbocycles. The number of sulfonamides is 1. The van der Waals surface area contributed by atoms with E-state index in [4.69, 9.17) is 5.73 Å². The van der Waals surface area contributed by atoms with Crippen molar-refractivity contribution < 1.29 is 13.3 Å².